The maximum Gasteiger partial charge on any atom is 0.301 e. The fourth-order valence-electron chi connectivity index (χ4n) is 0.618. The van der Waals surface area contributed by atoms with Crippen LogP contribution in [0.4, 0.5) is 5.82 Å². The number of aromatic nitrogens is 2. The van der Waals surface area contributed by atoms with Gasteiger partial charge in [-0.25, -0.2) is 4.98 Å². The van der Waals surface area contributed by atoms with Crippen molar-refractivity contribution in [2.24, 2.45) is 11.0 Å². The summed E-state index contributed by atoms with van der Waals surface area (Å²) in [4.78, 5) is 7.66. The number of hydrogen-bond donors (Lipinski definition) is 2. The second kappa shape index (κ2) is 3.18. The number of nitrogens with zero attached hydrogens (tertiary/aromatic N) is 3. The van der Waals surface area contributed by atoms with E-state index in [1.165, 1.54) is 30.3 Å². The lowest BCUT2D eigenvalue weighted by molar-refractivity contribution is 0.575. The van der Waals surface area contributed by atoms with Crippen LogP contribution < -0.4 is 15.7 Å². The van der Waals surface area contributed by atoms with Gasteiger partial charge in [-0.15, -0.1) is 0 Å². The first-order valence-electron chi connectivity index (χ1n) is 3.19. The molecule has 0 aliphatic carbocycles. The summed E-state index contributed by atoms with van der Waals surface area (Å²) >= 11 is 0. The van der Waals surface area contributed by atoms with E-state index >= 15 is 0 Å². The lowest BCUT2D eigenvalue weighted by Gasteiger charge is -2.20. The molecule has 0 saturated heterocycles. The first kappa shape index (κ1) is 9.12. The number of anilines is 1. The van der Waals surface area contributed by atoms with E-state index in [9.17, 15) is 4.57 Å². The molecule has 66 valence electrons. The van der Waals surface area contributed by atoms with Gasteiger partial charge in [0.05, 0.1) is 6.20 Å². The van der Waals surface area contributed by atoms with Gasteiger partial charge in [0.15, 0.2) is 5.82 Å². The molecule has 6 nitrogen and oxygen atoms in total. The molecule has 0 aliphatic heterocycles. The quantitative estimate of drug-likeness (QED) is 0.629. The highest BCUT2D eigenvalue weighted by Crippen LogP contribution is 2.32. The van der Waals surface area contributed by atoms with E-state index in [2.05, 4.69) is 9.97 Å². The Morgan fingerprint density at radius 1 is 1.50 bits per heavy atom. The molecule has 0 unspecified atom stereocenters. The molecule has 1 aromatic rings. The van der Waals surface area contributed by atoms with Gasteiger partial charge in [0.25, 0.3) is 0 Å². The Labute approximate surface area is 70.1 Å². The minimum atomic E-state index is -3.25. The van der Waals surface area contributed by atoms with Crippen molar-refractivity contribution in [2.75, 3.05) is 11.7 Å². The molecule has 7 heteroatoms. The number of hydrogen-bond acceptors (Lipinski definition) is 3. The topological polar surface area (TPSA) is 98.1 Å². The smallest absolute Gasteiger partial charge is 0.286 e. The first-order valence-corrected chi connectivity index (χ1v) is 4.99. The van der Waals surface area contributed by atoms with Crippen molar-refractivity contribution in [3.05, 3.63) is 18.6 Å². The van der Waals surface area contributed by atoms with Crippen molar-refractivity contribution in [1.82, 2.24) is 9.97 Å². The molecule has 0 bridgehead atoms. The zero-order valence-electron chi connectivity index (χ0n) is 6.58. The zero-order valence-corrected chi connectivity index (χ0v) is 7.48. The summed E-state index contributed by atoms with van der Waals surface area (Å²) in [6.07, 6.45) is 4.42. The molecule has 1 heterocycles. The van der Waals surface area contributed by atoms with Crippen molar-refractivity contribution in [3.63, 3.8) is 0 Å². The average Bonchev–Trinajstić information content (AvgIpc) is 2.03. The van der Waals surface area contributed by atoms with Gasteiger partial charge in [-0.05, 0) is 0 Å². The van der Waals surface area contributed by atoms with Gasteiger partial charge in [-0.1, -0.05) is 0 Å². The first-order chi connectivity index (χ1) is 5.52. The molecule has 1 rings (SSSR count). The summed E-state index contributed by atoms with van der Waals surface area (Å²) in [5, 5.41) is 0. The van der Waals surface area contributed by atoms with Crippen molar-refractivity contribution in [2.45, 2.75) is 0 Å². The Kier molecular flexibility index (Phi) is 2.42. The Hall–Kier alpha value is -0.970. The summed E-state index contributed by atoms with van der Waals surface area (Å²) in [5.74, 6) is 0.394. The number of rotatable bonds is 2. The standard InChI is InChI=1S/C5H10N5OP/c1-10(12(6,7)11)5-4-8-2-3-9-5/h2-4H,1H3,(H4,6,7,11). The SMILES string of the molecule is CN(c1cnccn1)P(N)(N)=O. The van der Waals surface area contributed by atoms with Gasteiger partial charge in [0, 0.05) is 19.4 Å². The lowest BCUT2D eigenvalue weighted by Crippen LogP contribution is -2.25. The molecule has 12 heavy (non-hydrogen) atoms. The van der Waals surface area contributed by atoms with Crippen molar-refractivity contribution >= 4 is 13.4 Å². The van der Waals surface area contributed by atoms with Crippen LogP contribution in [0.2, 0.25) is 0 Å². The van der Waals surface area contributed by atoms with Gasteiger partial charge in [-0.2, -0.15) is 0 Å². The van der Waals surface area contributed by atoms with Crippen molar-refractivity contribution < 1.29 is 4.57 Å². The van der Waals surface area contributed by atoms with Gasteiger partial charge >= 0.3 is 7.59 Å². The third-order valence-electron chi connectivity index (χ3n) is 1.35. The second-order valence-electron chi connectivity index (χ2n) is 2.26. The van der Waals surface area contributed by atoms with Crippen molar-refractivity contribution in [3.8, 4) is 0 Å². The largest absolute Gasteiger partial charge is 0.301 e. The van der Waals surface area contributed by atoms with E-state index in [0.29, 0.717) is 5.82 Å². The van der Waals surface area contributed by atoms with Gasteiger partial charge in [0.2, 0.25) is 0 Å². The highest BCUT2D eigenvalue weighted by atomic mass is 31.2. The van der Waals surface area contributed by atoms with Crippen molar-refractivity contribution in [1.29, 1.82) is 0 Å². The highest BCUT2D eigenvalue weighted by Gasteiger charge is 2.17. The van der Waals surface area contributed by atoms with Crippen LogP contribution in [0.1, 0.15) is 0 Å². The van der Waals surface area contributed by atoms with Crippen LogP contribution in [0.5, 0.6) is 0 Å². The van der Waals surface area contributed by atoms with Crippen LogP contribution in [0.15, 0.2) is 18.6 Å². The predicted octanol–water partition coefficient (Wildman–Crippen LogP) is -0.0617. The Morgan fingerprint density at radius 3 is 2.58 bits per heavy atom. The van der Waals surface area contributed by atoms with Gasteiger partial charge in [-0.3, -0.25) is 25.2 Å². The summed E-state index contributed by atoms with van der Waals surface area (Å²) in [6.45, 7) is 0. The maximum absolute atomic E-state index is 11.1. The van der Waals surface area contributed by atoms with Gasteiger partial charge in [0.1, 0.15) is 0 Å². The third-order valence-corrected chi connectivity index (χ3v) is 2.49. The molecule has 1 aromatic heterocycles. The molecule has 0 aliphatic rings. The predicted molar refractivity (Wildman–Crippen MR) is 46.4 cm³/mol. The minimum Gasteiger partial charge on any atom is -0.286 e. The Bertz CT molecular complexity index is 296. The highest BCUT2D eigenvalue weighted by molar-refractivity contribution is 7.60. The van der Waals surface area contributed by atoms with Crippen LogP contribution >= 0.6 is 7.59 Å². The Balaban J connectivity index is 2.94. The summed E-state index contributed by atoms with van der Waals surface area (Å²) in [7, 11) is -1.74. The average molecular weight is 187 g/mol. The van der Waals surface area contributed by atoms with Crippen LogP contribution in [0, 0.1) is 0 Å². The summed E-state index contributed by atoms with van der Waals surface area (Å²) in [5.41, 5.74) is 10.4. The molecular weight excluding hydrogens is 177 g/mol. The Morgan fingerprint density at radius 2 is 2.17 bits per heavy atom. The lowest BCUT2D eigenvalue weighted by atomic mass is 10.7. The van der Waals surface area contributed by atoms with E-state index in [4.69, 9.17) is 11.0 Å². The van der Waals surface area contributed by atoms with Crippen LogP contribution in [0.3, 0.4) is 0 Å². The minimum absolute atomic E-state index is 0.394. The maximum atomic E-state index is 11.1. The molecule has 0 fully saturated rings. The molecule has 0 amide bonds. The van der Waals surface area contributed by atoms with Crippen LogP contribution in [-0.2, 0) is 4.57 Å². The van der Waals surface area contributed by atoms with Gasteiger partial charge < -0.3 is 0 Å². The van der Waals surface area contributed by atoms with E-state index in [0.717, 1.165) is 0 Å². The summed E-state index contributed by atoms with van der Waals surface area (Å²) in [6, 6.07) is 0. The normalized spacial score (nSPS) is 11.2. The molecule has 0 radical (unpaired) electrons. The monoisotopic (exact) mass is 187 g/mol. The molecule has 0 atom stereocenters. The molecule has 0 spiro atoms. The molecular formula is C5H10N5OP. The van der Waals surface area contributed by atoms with Crippen LogP contribution in [-0.4, -0.2) is 17.0 Å². The molecule has 0 aromatic carbocycles. The van der Waals surface area contributed by atoms with E-state index in [-0.39, 0.29) is 0 Å². The second-order valence-corrected chi connectivity index (χ2v) is 4.20. The summed E-state index contributed by atoms with van der Waals surface area (Å²) < 4.78 is 12.3. The van der Waals surface area contributed by atoms with Crippen LogP contribution in [0.25, 0.3) is 0 Å². The number of nitrogens with two attached hydrogens (primary N) is 2. The van der Waals surface area contributed by atoms with E-state index in [1.54, 1.807) is 0 Å². The van der Waals surface area contributed by atoms with E-state index in [1.807, 2.05) is 0 Å². The fourth-order valence-corrected chi connectivity index (χ4v) is 1.04. The zero-order chi connectivity index (χ0) is 9.19. The molecule has 0 saturated carbocycles. The fraction of sp³-hybridized carbons (Fsp3) is 0.200. The molecule has 4 N–H and O–H groups in total. The van der Waals surface area contributed by atoms with E-state index < -0.39 is 7.59 Å². The third kappa shape index (κ3) is 2.01.